The molecular formula is C17H23BrN2O. The summed E-state index contributed by atoms with van der Waals surface area (Å²) in [6.45, 7) is 2.24. The van der Waals surface area contributed by atoms with Crippen LogP contribution in [0.3, 0.4) is 0 Å². The molecule has 0 radical (unpaired) electrons. The number of nitrogens with zero attached hydrogens (tertiary/aromatic N) is 1. The third-order valence-corrected chi connectivity index (χ3v) is 4.38. The molecule has 0 aliphatic carbocycles. The van der Waals surface area contributed by atoms with Gasteiger partial charge in [0, 0.05) is 16.5 Å². The third-order valence-electron chi connectivity index (χ3n) is 3.69. The van der Waals surface area contributed by atoms with Gasteiger partial charge in [-0.15, -0.1) is 0 Å². The van der Waals surface area contributed by atoms with Crippen molar-refractivity contribution in [3.8, 4) is 11.1 Å². The number of hydrogen-bond acceptors (Lipinski definition) is 3. The average Bonchev–Trinajstić information content (AvgIpc) is 2.84. The molecule has 114 valence electrons. The quantitative estimate of drug-likeness (QED) is 0.631. The maximum atomic E-state index is 5.99. The Morgan fingerprint density at radius 1 is 1.10 bits per heavy atom. The first kappa shape index (κ1) is 16.1. The van der Waals surface area contributed by atoms with Crippen LogP contribution in [-0.4, -0.2) is 5.16 Å². The molecule has 21 heavy (non-hydrogen) atoms. The summed E-state index contributed by atoms with van der Waals surface area (Å²) >= 11 is 3.57. The van der Waals surface area contributed by atoms with Crippen LogP contribution >= 0.6 is 15.9 Å². The van der Waals surface area contributed by atoms with Crippen LogP contribution in [0.1, 0.15) is 51.2 Å². The maximum absolute atomic E-state index is 5.99. The van der Waals surface area contributed by atoms with Crippen molar-refractivity contribution in [3.63, 3.8) is 0 Å². The van der Waals surface area contributed by atoms with Gasteiger partial charge in [0.1, 0.15) is 5.76 Å². The molecule has 0 saturated carbocycles. The molecule has 0 amide bonds. The van der Waals surface area contributed by atoms with E-state index < -0.39 is 0 Å². The van der Waals surface area contributed by atoms with Crippen molar-refractivity contribution in [1.82, 2.24) is 5.16 Å². The van der Waals surface area contributed by atoms with Crippen molar-refractivity contribution in [1.29, 1.82) is 0 Å². The van der Waals surface area contributed by atoms with E-state index in [9.17, 15) is 0 Å². The van der Waals surface area contributed by atoms with Crippen LogP contribution in [0.4, 0.5) is 5.82 Å². The van der Waals surface area contributed by atoms with Gasteiger partial charge in [-0.05, 0) is 12.5 Å². The first-order valence-electron chi connectivity index (χ1n) is 7.73. The summed E-state index contributed by atoms with van der Waals surface area (Å²) in [5, 5.41) is 3.94. The summed E-state index contributed by atoms with van der Waals surface area (Å²) in [5.74, 6) is 1.37. The van der Waals surface area contributed by atoms with Crippen molar-refractivity contribution in [2.75, 3.05) is 5.73 Å². The molecule has 1 aromatic heterocycles. The van der Waals surface area contributed by atoms with Gasteiger partial charge in [-0.2, -0.15) is 0 Å². The minimum Gasteiger partial charge on any atom is -0.380 e. The van der Waals surface area contributed by atoms with Crippen LogP contribution < -0.4 is 5.73 Å². The molecule has 0 fully saturated rings. The van der Waals surface area contributed by atoms with Gasteiger partial charge in [-0.3, -0.25) is 0 Å². The van der Waals surface area contributed by atoms with E-state index in [4.69, 9.17) is 10.3 Å². The van der Waals surface area contributed by atoms with Gasteiger partial charge in [-0.1, -0.05) is 78.3 Å². The molecule has 0 saturated heterocycles. The van der Waals surface area contributed by atoms with E-state index in [1.165, 1.54) is 32.1 Å². The molecule has 3 nitrogen and oxygen atoms in total. The highest BCUT2D eigenvalue weighted by Crippen LogP contribution is 2.35. The summed E-state index contributed by atoms with van der Waals surface area (Å²) < 4.78 is 6.45. The van der Waals surface area contributed by atoms with E-state index in [1.807, 2.05) is 24.3 Å². The van der Waals surface area contributed by atoms with Crippen molar-refractivity contribution in [2.24, 2.45) is 0 Å². The van der Waals surface area contributed by atoms with Crippen molar-refractivity contribution in [2.45, 2.75) is 51.9 Å². The fourth-order valence-electron chi connectivity index (χ4n) is 2.53. The molecule has 1 heterocycles. The van der Waals surface area contributed by atoms with Gasteiger partial charge >= 0.3 is 0 Å². The molecule has 1 aromatic carbocycles. The number of halogens is 1. The molecule has 0 spiro atoms. The van der Waals surface area contributed by atoms with Gasteiger partial charge in [0.05, 0.1) is 5.56 Å². The number of anilines is 1. The molecule has 0 unspecified atom stereocenters. The zero-order valence-corrected chi connectivity index (χ0v) is 14.2. The summed E-state index contributed by atoms with van der Waals surface area (Å²) in [4.78, 5) is 0. The smallest absolute Gasteiger partial charge is 0.175 e. The Kier molecular flexibility index (Phi) is 6.30. The fraction of sp³-hybridized carbons (Fsp3) is 0.471. The van der Waals surface area contributed by atoms with E-state index in [2.05, 4.69) is 28.0 Å². The highest BCUT2D eigenvalue weighted by atomic mass is 79.9. The second-order valence-corrected chi connectivity index (χ2v) is 6.22. The van der Waals surface area contributed by atoms with Crippen LogP contribution in [0.15, 0.2) is 33.3 Å². The normalized spacial score (nSPS) is 11.0. The van der Waals surface area contributed by atoms with E-state index in [1.54, 1.807) is 0 Å². The number of nitrogens with two attached hydrogens (primary N) is 1. The van der Waals surface area contributed by atoms with Crippen molar-refractivity contribution < 1.29 is 4.52 Å². The zero-order chi connectivity index (χ0) is 15.1. The summed E-state index contributed by atoms with van der Waals surface area (Å²) in [5.41, 5.74) is 7.98. The summed E-state index contributed by atoms with van der Waals surface area (Å²) in [6, 6.07) is 8.04. The number of nitrogen functional groups attached to an aromatic ring is 1. The lowest BCUT2D eigenvalue weighted by Crippen LogP contribution is -1.92. The van der Waals surface area contributed by atoms with Crippen LogP contribution in [0.2, 0.25) is 0 Å². The third kappa shape index (κ3) is 4.34. The molecular weight excluding hydrogens is 328 g/mol. The maximum Gasteiger partial charge on any atom is 0.175 e. The molecule has 0 aliphatic rings. The van der Waals surface area contributed by atoms with Crippen molar-refractivity contribution in [3.05, 3.63) is 34.5 Å². The highest BCUT2D eigenvalue weighted by molar-refractivity contribution is 9.10. The predicted octanol–water partition coefficient (Wildman–Crippen LogP) is 5.59. The lowest BCUT2D eigenvalue weighted by molar-refractivity contribution is 0.381. The Bertz CT molecular complexity index is 566. The standard InChI is InChI=1S/C17H23BrN2O/c1-2-3-4-5-6-7-12-15-16(17(19)20-21-15)13-10-8-9-11-14(13)18/h8-11H,2-7,12H2,1H3,(H2,19,20). The Morgan fingerprint density at radius 2 is 1.81 bits per heavy atom. The van der Waals surface area contributed by atoms with Crippen LogP contribution in [0, 0.1) is 0 Å². The Hall–Kier alpha value is -1.29. The lowest BCUT2D eigenvalue weighted by atomic mass is 10.0. The van der Waals surface area contributed by atoms with Crippen LogP contribution in [0.25, 0.3) is 11.1 Å². The van der Waals surface area contributed by atoms with E-state index in [-0.39, 0.29) is 0 Å². The van der Waals surface area contributed by atoms with E-state index >= 15 is 0 Å². The second-order valence-electron chi connectivity index (χ2n) is 5.36. The fourth-order valence-corrected chi connectivity index (χ4v) is 3.01. The van der Waals surface area contributed by atoms with E-state index in [0.29, 0.717) is 5.82 Å². The second kappa shape index (κ2) is 8.23. The number of hydrogen-bond donors (Lipinski definition) is 1. The Balaban J connectivity index is 2.00. The minimum absolute atomic E-state index is 0.475. The number of rotatable bonds is 8. The molecule has 4 heteroatoms. The number of benzene rings is 1. The molecule has 0 aliphatic heterocycles. The molecule has 2 N–H and O–H groups in total. The SMILES string of the molecule is CCCCCCCCc1onc(N)c1-c1ccccc1Br. The minimum atomic E-state index is 0.475. The summed E-state index contributed by atoms with van der Waals surface area (Å²) in [7, 11) is 0. The van der Waals surface area contributed by atoms with Gasteiger partial charge in [-0.25, -0.2) is 0 Å². The van der Waals surface area contributed by atoms with Crippen LogP contribution in [0.5, 0.6) is 0 Å². The lowest BCUT2D eigenvalue weighted by Gasteiger charge is -2.05. The van der Waals surface area contributed by atoms with Crippen LogP contribution in [-0.2, 0) is 6.42 Å². The first-order valence-corrected chi connectivity index (χ1v) is 8.52. The number of aromatic nitrogens is 1. The zero-order valence-electron chi connectivity index (χ0n) is 12.6. The molecule has 2 aromatic rings. The number of unbranched alkanes of at least 4 members (excludes halogenated alkanes) is 5. The van der Waals surface area contributed by atoms with Gasteiger partial charge in [0.2, 0.25) is 0 Å². The van der Waals surface area contributed by atoms with E-state index in [0.717, 1.165) is 34.2 Å². The van der Waals surface area contributed by atoms with Gasteiger partial charge in [0.15, 0.2) is 5.82 Å². The molecule has 2 rings (SSSR count). The average molecular weight is 351 g/mol. The topological polar surface area (TPSA) is 52.0 Å². The predicted molar refractivity (Wildman–Crippen MR) is 91.1 cm³/mol. The monoisotopic (exact) mass is 350 g/mol. The van der Waals surface area contributed by atoms with Crippen molar-refractivity contribution >= 4 is 21.7 Å². The Labute approximate surface area is 135 Å². The number of aryl methyl sites for hydroxylation is 1. The highest BCUT2D eigenvalue weighted by Gasteiger charge is 2.17. The Morgan fingerprint density at radius 3 is 2.57 bits per heavy atom. The molecule has 0 bridgehead atoms. The first-order chi connectivity index (χ1) is 10.2. The summed E-state index contributed by atoms with van der Waals surface area (Å²) in [6.07, 6.45) is 8.48. The van der Waals surface area contributed by atoms with Gasteiger partial charge in [0.25, 0.3) is 0 Å². The van der Waals surface area contributed by atoms with Gasteiger partial charge < -0.3 is 10.3 Å². The molecule has 0 atom stereocenters. The largest absolute Gasteiger partial charge is 0.380 e.